The van der Waals surface area contributed by atoms with Gasteiger partial charge in [-0.2, -0.15) is 0 Å². The quantitative estimate of drug-likeness (QED) is 0.875. The van der Waals surface area contributed by atoms with Gasteiger partial charge in [-0.3, -0.25) is 4.90 Å². The van der Waals surface area contributed by atoms with Crippen molar-refractivity contribution in [1.29, 1.82) is 0 Å². The maximum atomic E-state index is 6.38. The van der Waals surface area contributed by atoms with E-state index in [2.05, 4.69) is 57.0 Å². The second-order valence-electron chi connectivity index (χ2n) is 6.82. The number of benzene rings is 1. The first-order valence-electron chi connectivity index (χ1n) is 8.13. The zero-order chi connectivity index (χ0) is 15.4. The molecule has 1 saturated heterocycles. The van der Waals surface area contributed by atoms with E-state index in [-0.39, 0.29) is 6.04 Å². The van der Waals surface area contributed by atoms with Crippen LogP contribution in [0.1, 0.15) is 44.4 Å². The fraction of sp³-hybridized carbons (Fsp3) is 0.667. The van der Waals surface area contributed by atoms with E-state index in [1.54, 1.807) is 0 Å². The van der Waals surface area contributed by atoms with Crippen LogP contribution in [-0.2, 0) is 11.2 Å². The summed E-state index contributed by atoms with van der Waals surface area (Å²) in [5.74, 6) is 0.694. The Morgan fingerprint density at radius 3 is 2.48 bits per heavy atom. The predicted octanol–water partition coefficient (Wildman–Crippen LogP) is 2.99. The lowest BCUT2D eigenvalue weighted by Crippen LogP contribution is -2.40. The molecule has 3 atom stereocenters. The molecule has 21 heavy (non-hydrogen) atoms. The van der Waals surface area contributed by atoms with Crippen molar-refractivity contribution in [2.24, 2.45) is 11.7 Å². The fourth-order valence-corrected chi connectivity index (χ4v) is 3.22. The lowest BCUT2D eigenvalue weighted by molar-refractivity contribution is 0.0818. The average Bonchev–Trinajstić information content (AvgIpc) is 2.85. The molecule has 118 valence electrons. The van der Waals surface area contributed by atoms with E-state index in [9.17, 15) is 0 Å². The molecule has 3 unspecified atom stereocenters. The molecule has 0 saturated carbocycles. The molecule has 0 radical (unpaired) electrons. The van der Waals surface area contributed by atoms with Gasteiger partial charge in [0.15, 0.2) is 0 Å². The summed E-state index contributed by atoms with van der Waals surface area (Å²) in [6.45, 7) is 8.40. The van der Waals surface area contributed by atoms with Gasteiger partial charge in [-0.25, -0.2) is 0 Å². The molecule has 1 aliphatic heterocycles. The molecule has 3 heteroatoms. The SMILES string of the molecule is CC(C)Cc1ccc(C(N)CN(C)C2CCOC2C)cc1. The Balaban J connectivity index is 1.91. The molecule has 1 heterocycles. The standard InChI is InChI=1S/C18H30N2O/c1-13(2)11-15-5-7-16(8-6-15)17(19)12-20(4)18-9-10-21-14(18)3/h5-8,13-14,17-18H,9-12,19H2,1-4H3. The van der Waals surface area contributed by atoms with Crippen LogP contribution in [0.15, 0.2) is 24.3 Å². The second-order valence-corrected chi connectivity index (χ2v) is 6.82. The van der Waals surface area contributed by atoms with Crippen LogP contribution in [0.25, 0.3) is 0 Å². The van der Waals surface area contributed by atoms with Gasteiger partial charge >= 0.3 is 0 Å². The highest BCUT2D eigenvalue weighted by atomic mass is 16.5. The number of nitrogens with zero attached hydrogens (tertiary/aromatic N) is 1. The van der Waals surface area contributed by atoms with Gasteiger partial charge in [0.25, 0.3) is 0 Å². The van der Waals surface area contributed by atoms with Crippen molar-refractivity contribution in [2.75, 3.05) is 20.2 Å². The van der Waals surface area contributed by atoms with E-state index in [0.717, 1.165) is 26.0 Å². The average molecular weight is 290 g/mol. The van der Waals surface area contributed by atoms with Gasteiger partial charge in [-0.1, -0.05) is 38.1 Å². The minimum Gasteiger partial charge on any atom is -0.377 e. The Hall–Kier alpha value is -0.900. The molecule has 2 rings (SSSR count). The van der Waals surface area contributed by atoms with Gasteiger partial charge in [0, 0.05) is 25.2 Å². The smallest absolute Gasteiger partial charge is 0.0702 e. The molecule has 1 fully saturated rings. The summed E-state index contributed by atoms with van der Waals surface area (Å²) in [5.41, 5.74) is 9.00. The monoisotopic (exact) mass is 290 g/mol. The zero-order valence-corrected chi connectivity index (χ0v) is 13.9. The summed E-state index contributed by atoms with van der Waals surface area (Å²) in [5, 5.41) is 0. The summed E-state index contributed by atoms with van der Waals surface area (Å²) in [6.07, 6.45) is 2.56. The summed E-state index contributed by atoms with van der Waals surface area (Å²) >= 11 is 0. The molecule has 0 aromatic heterocycles. The van der Waals surface area contributed by atoms with Gasteiger partial charge < -0.3 is 10.5 Å². The van der Waals surface area contributed by atoms with Crippen molar-refractivity contribution in [3.05, 3.63) is 35.4 Å². The Labute approximate surface area is 129 Å². The third kappa shape index (κ3) is 4.53. The summed E-state index contributed by atoms with van der Waals surface area (Å²) in [6, 6.07) is 9.37. The summed E-state index contributed by atoms with van der Waals surface area (Å²) in [7, 11) is 2.16. The maximum absolute atomic E-state index is 6.38. The van der Waals surface area contributed by atoms with Gasteiger partial charge in [0.05, 0.1) is 6.10 Å². The van der Waals surface area contributed by atoms with E-state index in [1.165, 1.54) is 11.1 Å². The molecule has 1 aliphatic rings. The van der Waals surface area contributed by atoms with E-state index in [4.69, 9.17) is 10.5 Å². The molecule has 2 N–H and O–H groups in total. The van der Waals surface area contributed by atoms with Gasteiger partial charge in [0.1, 0.15) is 0 Å². The molecule has 3 nitrogen and oxygen atoms in total. The van der Waals surface area contributed by atoms with Gasteiger partial charge in [-0.05, 0) is 43.9 Å². The lowest BCUT2D eigenvalue weighted by atomic mass is 9.99. The van der Waals surface area contributed by atoms with Crippen molar-refractivity contribution in [3.63, 3.8) is 0 Å². The van der Waals surface area contributed by atoms with E-state index in [0.29, 0.717) is 18.1 Å². The Kier molecular flexibility index (Phi) is 5.80. The van der Waals surface area contributed by atoms with Crippen molar-refractivity contribution < 1.29 is 4.74 Å². The third-order valence-electron chi connectivity index (χ3n) is 4.44. The normalized spacial score (nSPS) is 24.0. The van der Waals surface area contributed by atoms with Crippen molar-refractivity contribution in [2.45, 2.75) is 51.8 Å². The molecule has 0 aliphatic carbocycles. The summed E-state index contributed by atoms with van der Waals surface area (Å²) in [4.78, 5) is 2.35. The molecular formula is C18H30N2O. The van der Waals surface area contributed by atoms with E-state index >= 15 is 0 Å². The fourth-order valence-electron chi connectivity index (χ4n) is 3.22. The Morgan fingerprint density at radius 1 is 1.29 bits per heavy atom. The molecule has 1 aromatic carbocycles. The van der Waals surface area contributed by atoms with Crippen molar-refractivity contribution in [1.82, 2.24) is 4.90 Å². The van der Waals surface area contributed by atoms with Crippen LogP contribution in [0, 0.1) is 5.92 Å². The van der Waals surface area contributed by atoms with Crippen molar-refractivity contribution in [3.8, 4) is 0 Å². The zero-order valence-electron chi connectivity index (χ0n) is 13.9. The highest BCUT2D eigenvalue weighted by Gasteiger charge is 2.28. The molecule has 1 aromatic rings. The van der Waals surface area contributed by atoms with Crippen molar-refractivity contribution >= 4 is 0 Å². The summed E-state index contributed by atoms with van der Waals surface area (Å²) < 4.78 is 5.64. The second kappa shape index (κ2) is 7.39. The van der Waals surface area contributed by atoms with Crippen LogP contribution in [0.2, 0.25) is 0 Å². The first-order valence-corrected chi connectivity index (χ1v) is 8.13. The third-order valence-corrected chi connectivity index (χ3v) is 4.44. The molecule has 0 spiro atoms. The first-order chi connectivity index (χ1) is 9.97. The Morgan fingerprint density at radius 2 is 1.95 bits per heavy atom. The number of nitrogens with two attached hydrogens (primary N) is 1. The maximum Gasteiger partial charge on any atom is 0.0702 e. The van der Waals surface area contributed by atoms with Crippen LogP contribution in [0.5, 0.6) is 0 Å². The van der Waals surface area contributed by atoms with E-state index < -0.39 is 0 Å². The van der Waals surface area contributed by atoms with Gasteiger partial charge in [-0.15, -0.1) is 0 Å². The predicted molar refractivity (Wildman–Crippen MR) is 88.4 cm³/mol. The highest BCUT2D eigenvalue weighted by Crippen LogP contribution is 2.21. The van der Waals surface area contributed by atoms with Crippen LogP contribution in [-0.4, -0.2) is 37.2 Å². The minimum absolute atomic E-state index is 0.0656. The molecule has 0 amide bonds. The number of hydrogen-bond acceptors (Lipinski definition) is 3. The number of rotatable bonds is 6. The topological polar surface area (TPSA) is 38.5 Å². The van der Waals surface area contributed by atoms with E-state index in [1.807, 2.05) is 0 Å². The van der Waals surface area contributed by atoms with Crippen LogP contribution >= 0.6 is 0 Å². The number of likely N-dealkylation sites (N-methyl/N-ethyl adjacent to an activating group) is 1. The number of ether oxygens (including phenoxy) is 1. The molecular weight excluding hydrogens is 260 g/mol. The van der Waals surface area contributed by atoms with Crippen LogP contribution < -0.4 is 5.73 Å². The molecule has 0 bridgehead atoms. The minimum atomic E-state index is 0.0656. The van der Waals surface area contributed by atoms with Crippen LogP contribution in [0.4, 0.5) is 0 Å². The van der Waals surface area contributed by atoms with Crippen LogP contribution in [0.3, 0.4) is 0 Å². The van der Waals surface area contributed by atoms with Gasteiger partial charge in [0.2, 0.25) is 0 Å². The largest absolute Gasteiger partial charge is 0.377 e. The number of hydrogen-bond donors (Lipinski definition) is 1. The highest BCUT2D eigenvalue weighted by molar-refractivity contribution is 5.25. The lowest BCUT2D eigenvalue weighted by Gasteiger charge is -2.29. The Bertz CT molecular complexity index is 429. The first kappa shape index (κ1) is 16.5.